The molecule has 0 fully saturated rings. The minimum atomic E-state index is 0. The van der Waals surface area contributed by atoms with E-state index in [9.17, 15) is 0 Å². The molecule has 2 N–H and O–H groups in total. The fourth-order valence-corrected chi connectivity index (χ4v) is 0. The number of rotatable bonds is 0. The summed E-state index contributed by atoms with van der Waals surface area (Å²) in [6.45, 7) is 0. The van der Waals surface area contributed by atoms with Crippen molar-refractivity contribution in [2.24, 2.45) is 0 Å². The van der Waals surface area contributed by atoms with E-state index in [0.29, 0.717) is 0 Å². The van der Waals surface area contributed by atoms with Gasteiger partial charge in [0.05, 0.1) is 0 Å². The van der Waals surface area contributed by atoms with Crippen molar-refractivity contribution < 1.29 is 25.8 Å². The molecule has 0 aromatic heterocycles. The summed E-state index contributed by atoms with van der Waals surface area (Å²) in [6.07, 6.45) is 0. The third kappa shape index (κ3) is 25.3. The molecule has 0 unspecified atom stereocenters. The molecule has 0 aromatic rings. The van der Waals surface area contributed by atoms with Gasteiger partial charge in [-0.3, -0.25) is 0 Å². The van der Waals surface area contributed by atoms with Crippen molar-refractivity contribution in [3.05, 3.63) is 0 Å². The predicted octanol–water partition coefficient (Wildman–Crippen LogP) is -7.80. The van der Waals surface area contributed by atoms with E-state index in [1.807, 2.05) is 0 Å². The van der Waals surface area contributed by atoms with Crippen LogP contribution in [-0.2, 0) is 0 Å². The van der Waals surface area contributed by atoms with Crippen LogP contribution in [0.25, 0.3) is 0 Å². The van der Waals surface area contributed by atoms with Gasteiger partial charge in [0.1, 0.15) is 0 Å². The first-order valence-electron chi connectivity index (χ1n) is 0. The summed E-state index contributed by atoms with van der Waals surface area (Å²) in [7, 11) is 0. The largest absolute Gasteiger partial charge is 1.00 e. The Hall–Kier alpha value is 1.85. The van der Waals surface area contributed by atoms with E-state index in [0.717, 1.165) is 0 Å². The second-order valence-corrected chi connectivity index (χ2v) is 0. The Morgan fingerprint density at radius 1 is 1.20 bits per heavy atom. The van der Waals surface area contributed by atoms with Crippen LogP contribution in [0.3, 0.4) is 0 Å². The molecule has 0 saturated carbocycles. The van der Waals surface area contributed by atoms with Crippen molar-refractivity contribution in [3.63, 3.8) is 0 Å². The van der Waals surface area contributed by atoms with E-state index < -0.39 is 0 Å². The van der Waals surface area contributed by atoms with Crippen LogP contribution in [0.15, 0.2) is 0 Å². The SMILES string of the molecule is O.[AlH3].[GeH4].[H-].[Li+].[SiH4]. The molecule has 0 saturated heterocycles. The van der Waals surface area contributed by atoms with Gasteiger partial charge in [-0.05, 0) is 11.0 Å². The first-order valence-corrected chi connectivity index (χ1v) is 0. The predicted molar refractivity (Wildman–Crippen MR) is 37.3 cm³/mol. The molecule has 0 aliphatic heterocycles. The maximum Gasteiger partial charge on any atom is 1.00 e. The maximum absolute atomic E-state index is 0. The van der Waals surface area contributed by atoms with Gasteiger partial charge in [-0.2, -0.15) is 0 Å². The average Bonchev–Trinajstić information content (AvgIpc) is 0. The Morgan fingerprint density at radius 3 is 1.20 bits per heavy atom. The van der Waals surface area contributed by atoms with Gasteiger partial charge < -0.3 is 6.90 Å². The molecule has 0 rings (SSSR count). The van der Waals surface area contributed by atoms with Crippen molar-refractivity contribution in [2.45, 2.75) is 0 Å². The molecule has 0 aliphatic carbocycles. The Labute approximate surface area is 71.4 Å². The van der Waals surface area contributed by atoms with E-state index in [1.54, 1.807) is 0 Å². The maximum atomic E-state index is 0. The summed E-state index contributed by atoms with van der Waals surface area (Å²) in [6, 6.07) is 0. The van der Waals surface area contributed by atoms with Crippen LogP contribution >= 0.6 is 0 Å². The molecule has 0 atom stereocenters. The molecular formula is H14AlGeLiOSi. The Morgan fingerprint density at radius 2 is 1.20 bits per heavy atom. The third-order valence-corrected chi connectivity index (χ3v) is 0. The Balaban J connectivity index is 0. The topological polar surface area (TPSA) is 31.5 Å². The summed E-state index contributed by atoms with van der Waals surface area (Å²) in [5.74, 6) is 0. The molecule has 32 valence electrons. The fourth-order valence-electron chi connectivity index (χ4n) is 0. The van der Waals surface area contributed by atoms with Crippen LogP contribution in [-0.4, -0.2) is 51.4 Å². The van der Waals surface area contributed by atoms with Gasteiger partial charge >= 0.3 is 36.5 Å². The van der Waals surface area contributed by atoms with E-state index >= 15 is 0 Å². The van der Waals surface area contributed by atoms with Crippen LogP contribution in [0.5, 0.6) is 0 Å². The van der Waals surface area contributed by atoms with Crippen molar-refractivity contribution in [2.75, 3.05) is 0 Å². The van der Waals surface area contributed by atoms with E-state index in [1.165, 1.54) is 0 Å². The van der Waals surface area contributed by atoms with Crippen molar-refractivity contribution >= 4 is 45.9 Å². The molecule has 5 heavy (non-hydrogen) atoms. The second kappa shape index (κ2) is 40.2. The van der Waals surface area contributed by atoms with Crippen molar-refractivity contribution in [3.8, 4) is 0 Å². The first kappa shape index (κ1) is 68.5. The smallest absolute Gasteiger partial charge is 1.00 e. The molecule has 5 heteroatoms. The zero-order chi connectivity index (χ0) is 0. The number of hydrogen-bond donors (Lipinski definition) is 0. The van der Waals surface area contributed by atoms with E-state index in [-0.39, 0.29) is 71.7 Å². The normalized spacial score (nSPS) is 0. The summed E-state index contributed by atoms with van der Waals surface area (Å²) in [5, 5.41) is 0. The van der Waals surface area contributed by atoms with E-state index in [2.05, 4.69) is 0 Å². The quantitative estimate of drug-likeness (QED) is 0.319. The first-order chi connectivity index (χ1) is 0. The summed E-state index contributed by atoms with van der Waals surface area (Å²) in [5.41, 5.74) is 0. The zero-order valence-electron chi connectivity index (χ0n) is 2.50. The van der Waals surface area contributed by atoms with Gasteiger partial charge in [0.2, 0.25) is 0 Å². The monoisotopic (exact) mass is 166 g/mol. The second-order valence-electron chi connectivity index (χ2n) is 0. The molecule has 0 amide bonds. The van der Waals surface area contributed by atoms with Gasteiger partial charge in [-0.25, -0.2) is 0 Å². The van der Waals surface area contributed by atoms with Crippen LogP contribution in [0.4, 0.5) is 0 Å². The standard InChI is InChI=1S/Al.GeH4.Li.H2O.H4Si.4H/h;1H4;;1H2;1H4;;;;/q;;+1;;;;;;-1. The van der Waals surface area contributed by atoms with Crippen LogP contribution in [0, 0.1) is 0 Å². The van der Waals surface area contributed by atoms with Crippen molar-refractivity contribution in [1.82, 2.24) is 0 Å². The summed E-state index contributed by atoms with van der Waals surface area (Å²) in [4.78, 5) is 0. The van der Waals surface area contributed by atoms with E-state index in [4.69, 9.17) is 0 Å². The van der Waals surface area contributed by atoms with Crippen LogP contribution < -0.4 is 18.9 Å². The molecule has 1 nitrogen and oxygen atoms in total. The summed E-state index contributed by atoms with van der Waals surface area (Å²) < 4.78 is 0. The average molecular weight is 165 g/mol. The van der Waals surface area contributed by atoms with Crippen LogP contribution in [0.2, 0.25) is 0 Å². The molecule has 0 aromatic carbocycles. The molecule has 0 radical (unpaired) electrons. The van der Waals surface area contributed by atoms with Gasteiger partial charge in [-0.1, -0.05) is 0 Å². The molecule has 0 bridgehead atoms. The Bertz CT molecular complexity index is 15.5. The molecular weight excluding hydrogens is 151 g/mol. The minimum absolute atomic E-state index is 0. The third-order valence-electron chi connectivity index (χ3n) is 0. The zero-order valence-corrected chi connectivity index (χ0v) is 1.50. The van der Waals surface area contributed by atoms with Gasteiger partial charge in [0.15, 0.2) is 17.4 Å². The Kier molecular flexibility index (Phi) is 551. The molecule has 0 spiro atoms. The molecule has 0 aliphatic rings. The van der Waals surface area contributed by atoms with Gasteiger partial charge in [-0.15, -0.1) is 0 Å². The summed E-state index contributed by atoms with van der Waals surface area (Å²) >= 11 is 0. The van der Waals surface area contributed by atoms with Crippen molar-refractivity contribution in [1.29, 1.82) is 0 Å². The molecule has 0 heterocycles. The minimum Gasteiger partial charge on any atom is -1.00 e. The van der Waals surface area contributed by atoms with Crippen LogP contribution in [0.1, 0.15) is 1.43 Å². The number of hydrogen-bond acceptors (Lipinski definition) is 0. The van der Waals surface area contributed by atoms with Gasteiger partial charge in [0.25, 0.3) is 0 Å². The fraction of sp³-hybridized carbons (Fsp3) is 0. The van der Waals surface area contributed by atoms with Gasteiger partial charge in [0, 0.05) is 0 Å².